The summed E-state index contributed by atoms with van der Waals surface area (Å²) in [5.74, 6) is 0.627. The van der Waals surface area contributed by atoms with E-state index in [9.17, 15) is 0 Å². The van der Waals surface area contributed by atoms with Crippen molar-refractivity contribution in [1.29, 1.82) is 0 Å². The lowest BCUT2D eigenvalue weighted by molar-refractivity contribution is 0.391. The summed E-state index contributed by atoms with van der Waals surface area (Å²) in [4.78, 5) is 8.27. The zero-order valence-electron chi connectivity index (χ0n) is 6.79. The first kappa shape index (κ1) is 8.33. The van der Waals surface area contributed by atoms with Gasteiger partial charge in [0, 0.05) is 11.8 Å². The largest absolute Gasteiger partial charge is 0.481 e. The van der Waals surface area contributed by atoms with Crippen LogP contribution in [-0.2, 0) is 0 Å². The maximum Gasteiger partial charge on any atom is 0.217 e. The second kappa shape index (κ2) is 3.57. The highest BCUT2D eigenvalue weighted by molar-refractivity contribution is 7.98. The summed E-state index contributed by atoms with van der Waals surface area (Å²) < 4.78 is 4.97. The molecule has 1 heterocycles. The molecule has 11 heavy (non-hydrogen) atoms. The molecule has 0 fully saturated rings. The topological polar surface area (TPSA) is 35.0 Å². The summed E-state index contributed by atoms with van der Waals surface area (Å²) in [6.45, 7) is 1.92. The Morgan fingerprint density at radius 1 is 1.45 bits per heavy atom. The lowest BCUT2D eigenvalue weighted by atomic mass is 10.4. The van der Waals surface area contributed by atoms with Crippen molar-refractivity contribution in [3.63, 3.8) is 0 Å². The summed E-state index contributed by atoms with van der Waals surface area (Å²) in [7, 11) is 1.60. The summed E-state index contributed by atoms with van der Waals surface area (Å²) in [6.07, 6.45) is 1.94. The Bertz CT molecular complexity index is 230. The lowest BCUT2D eigenvalue weighted by Gasteiger charge is -2.01. The van der Waals surface area contributed by atoms with E-state index in [-0.39, 0.29) is 0 Å². The average molecular weight is 170 g/mol. The molecule has 0 atom stereocenters. The second-order valence-electron chi connectivity index (χ2n) is 2.04. The van der Waals surface area contributed by atoms with Gasteiger partial charge in [-0.3, -0.25) is 0 Å². The quantitative estimate of drug-likeness (QED) is 0.498. The monoisotopic (exact) mass is 170 g/mol. The molecule has 0 spiro atoms. The van der Waals surface area contributed by atoms with Crippen LogP contribution in [0.15, 0.2) is 11.2 Å². The minimum atomic E-state index is 0.627. The molecule has 0 bridgehead atoms. The number of hydrogen-bond donors (Lipinski definition) is 0. The van der Waals surface area contributed by atoms with Crippen molar-refractivity contribution in [1.82, 2.24) is 9.97 Å². The minimum Gasteiger partial charge on any atom is -0.481 e. The first-order valence-electron chi connectivity index (χ1n) is 3.20. The molecule has 0 saturated heterocycles. The van der Waals surface area contributed by atoms with Crippen LogP contribution in [0, 0.1) is 6.92 Å². The predicted octanol–water partition coefficient (Wildman–Crippen LogP) is 1.52. The molecular formula is C7H10N2OS. The summed E-state index contributed by atoms with van der Waals surface area (Å²) in [5, 5.41) is 0.752. The van der Waals surface area contributed by atoms with E-state index in [0.29, 0.717) is 5.88 Å². The van der Waals surface area contributed by atoms with Crippen molar-refractivity contribution in [2.45, 2.75) is 12.1 Å². The van der Waals surface area contributed by atoms with Gasteiger partial charge in [0.1, 0.15) is 0 Å². The van der Waals surface area contributed by atoms with Crippen molar-refractivity contribution >= 4 is 11.8 Å². The molecule has 1 aromatic rings. The fourth-order valence-electron chi connectivity index (χ4n) is 0.709. The molecule has 0 N–H and O–H groups in total. The fourth-order valence-corrected chi connectivity index (χ4v) is 1.13. The maximum atomic E-state index is 4.97. The number of aryl methyl sites for hydroxylation is 1. The summed E-state index contributed by atoms with van der Waals surface area (Å²) in [5.41, 5.74) is 0.932. The molecule has 0 saturated carbocycles. The van der Waals surface area contributed by atoms with E-state index in [1.807, 2.05) is 13.2 Å². The molecule has 0 radical (unpaired) electrons. The highest BCUT2D eigenvalue weighted by Gasteiger charge is 1.99. The molecule has 1 aromatic heterocycles. The van der Waals surface area contributed by atoms with Crippen molar-refractivity contribution in [2.24, 2.45) is 0 Å². The molecule has 0 aromatic carbocycles. The number of methoxy groups -OCH3 is 1. The van der Waals surface area contributed by atoms with Gasteiger partial charge in [-0.05, 0) is 13.2 Å². The van der Waals surface area contributed by atoms with Gasteiger partial charge < -0.3 is 4.74 Å². The van der Waals surface area contributed by atoms with Crippen molar-refractivity contribution in [3.8, 4) is 5.88 Å². The van der Waals surface area contributed by atoms with Gasteiger partial charge in [0.25, 0.3) is 0 Å². The molecule has 0 unspecified atom stereocenters. The Kier molecular flexibility index (Phi) is 2.70. The van der Waals surface area contributed by atoms with Crippen LogP contribution >= 0.6 is 11.8 Å². The van der Waals surface area contributed by atoms with Gasteiger partial charge in [0.15, 0.2) is 5.16 Å². The normalized spacial score (nSPS) is 9.73. The third-order valence-corrected chi connectivity index (χ3v) is 1.75. The number of rotatable bonds is 2. The number of nitrogens with zero attached hydrogens (tertiary/aromatic N) is 2. The molecule has 0 aliphatic rings. The Balaban J connectivity index is 3.02. The van der Waals surface area contributed by atoms with Gasteiger partial charge >= 0.3 is 0 Å². The predicted molar refractivity (Wildman–Crippen MR) is 45.1 cm³/mol. The van der Waals surface area contributed by atoms with Crippen LogP contribution in [-0.4, -0.2) is 23.3 Å². The van der Waals surface area contributed by atoms with Gasteiger partial charge in [0.05, 0.1) is 7.11 Å². The number of aromatic nitrogens is 2. The minimum absolute atomic E-state index is 0.627. The van der Waals surface area contributed by atoms with Crippen molar-refractivity contribution in [3.05, 3.63) is 11.8 Å². The van der Waals surface area contributed by atoms with Gasteiger partial charge in [-0.1, -0.05) is 11.8 Å². The number of thioether (sulfide) groups is 1. The van der Waals surface area contributed by atoms with E-state index in [1.165, 1.54) is 11.8 Å². The molecule has 1 rings (SSSR count). The van der Waals surface area contributed by atoms with E-state index in [0.717, 1.165) is 10.9 Å². The fraction of sp³-hybridized carbons (Fsp3) is 0.429. The van der Waals surface area contributed by atoms with Crippen LogP contribution in [0.4, 0.5) is 0 Å². The van der Waals surface area contributed by atoms with E-state index in [1.54, 1.807) is 13.2 Å². The van der Waals surface area contributed by atoms with Crippen LogP contribution in [0.5, 0.6) is 5.88 Å². The molecule has 4 heteroatoms. The van der Waals surface area contributed by atoms with E-state index < -0.39 is 0 Å². The Morgan fingerprint density at radius 2 is 2.18 bits per heavy atom. The molecule has 0 aliphatic heterocycles. The SMILES string of the molecule is COc1cc(C)nc(SC)n1. The molecule has 0 amide bonds. The summed E-state index contributed by atoms with van der Waals surface area (Å²) >= 11 is 1.51. The zero-order valence-corrected chi connectivity index (χ0v) is 7.60. The molecule has 60 valence electrons. The van der Waals surface area contributed by atoms with Crippen LogP contribution in [0.3, 0.4) is 0 Å². The first-order chi connectivity index (χ1) is 5.26. The Labute approximate surface area is 70.2 Å². The number of ether oxygens (including phenoxy) is 1. The van der Waals surface area contributed by atoms with Gasteiger partial charge in [-0.2, -0.15) is 4.98 Å². The Morgan fingerprint density at radius 3 is 2.73 bits per heavy atom. The molecule has 3 nitrogen and oxygen atoms in total. The molecule has 0 aliphatic carbocycles. The highest BCUT2D eigenvalue weighted by Crippen LogP contribution is 2.14. The smallest absolute Gasteiger partial charge is 0.217 e. The van der Waals surface area contributed by atoms with E-state index in [4.69, 9.17) is 4.74 Å². The van der Waals surface area contributed by atoms with Crippen LogP contribution in [0.25, 0.3) is 0 Å². The van der Waals surface area contributed by atoms with Gasteiger partial charge in [-0.25, -0.2) is 4.98 Å². The third kappa shape index (κ3) is 2.08. The van der Waals surface area contributed by atoms with Crippen LogP contribution in [0.2, 0.25) is 0 Å². The van der Waals surface area contributed by atoms with Crippen LogP contribution in [0.1, 0.15) is 5.69 Å². The van der Waals surface area contributed by atoms with Gasteiger partial charge in [-0.15, -0.1) is 0 Å². The maximum absolute atomic E-state index is 4.97. The van der Waals surface area contributed by atoms with Crippen LogP contribution < -0.4 is 4.74 Å². The standard InChI is InChI=1S/C7H10N2OS/c1-5-4-6(10-2)9-7(8-5)11-3/h4H,1-3H3. The van der Waals surface area contributed by atoms with E-state index >= 15 is 0 Å². The van der Waals surface area contributed by atoms with E-state index in [2.05, 4.69) is 9.97 Å². The second-order valence-corrected chi connectivity index (χ2v) is 2.81. The van der Waals surface area contributed by atoms with Gasteiger partial charge in [0.2, 0.25) is 5.88 Å². The average Bonchev–Trinajstić information content (AvgIpc) is 2.03. The highest BCUT2D eigenvalue weighted by atomic mass is 32.2. The zero-order chi connectivity index (χ0) is 8.27. The van der Waals surface area contributed by atoms with Crippen molar-refractivity contribution in [2.75, 3.05) is 13.4 Å². The first-order valence-corrected chi connectivity index (χ1v) is 4.42. The van der Waals surface area contributed by atoms with Crippen molar-refractivity contribution < 1.29 is 4.74 Å². The third-order valence-electron chi connectivity index (χ3n) is 1.20. The Hall–Kier alpha value is -0.770. The molecular weight excluding hydrogens is 160 g/mol. The summed E-state index contributed by atoms with van der Waals surface area (Å²) in [6, 6.07) is 1.81. The number of hydrogen-bond acceptors (Lipinski definition) is 4. The lowest BCUT2D eigenvalue weighted by Crippen LogP contribution is -1.93.